The van der Waals surface area contributed by atoms with E-state index in [1.807, 2.05) is 6.07 Å². The molecule has 0 unspecified atom stereocenters. The van der Waals surface area contributed by atoms with Crippen LogP contribution in [0.5, 0.6) is 0 Å². The molecule has 5 nitrogen and oxygen atoms in total. The third-order valence-corrected chi connectivity index (χ3v) is 3.71. The van der Waals surface area contributed by atoms with Gasteiger partial charge in [0.05, 0.1) is 0 Å². The molecule has 0 saturated carbocycles. The molecule has 0 aliphatic carbocycles. The fraction of sp³-hybridized carbons (Fsp3) is 0.600. The number of ketones is 1. The number of anilines is 1. The molecule has 0 atom stereocenters. The lowest BCUT2D eigenvalue weighted by molar-refractivity contribution is 0.101. The Morgan fingerprint density at radius 1 is 1.30 bits per heavy atom. The van der Waals surface area contributed by atoms with Crippen LogP contribution in [-0.4, -0.2) is 73.9 Å². The fourth-order valence-corrected chi connectivity index (χ4v) is 2.35. The van der Waals surface area contributed by atoms with E-state index in [1.54, 1.807) is 19.2 Å². The summed E-state index contributed by atoms with van der Waals surface area (Å²) in [6.07, 6.45) is 1.73. The van der Waals surface area contributed by atoms with Gasteiger partial charge in [0.2, 0.25) is 0 Å². The molecule has 0 radical (unpaired) electrons. The lowest BCUT2D eigenvalue weighted by Crippen LogP contribution is -2.48. The van der Waals surface area contributed by atoms with Gasteiger partial charge in [-0.2, -0.15) is 0 Å². The molecule has 5 heteroatoms. The van der Waals surface area contributed by atoms with Crippen molar-refractivity contribution < 1.29 is 4.79 Å². The Labute approximate surface area is 121 Å². The lowest BCUT2D eigenvalue weighted by atomic mass is 10.2. The molecule has 0 N–H and O–H groups in total. The highest BCUT2D eigenvalue weighted by Gasteiger charge is 2.18. The van der Waals surface area contributed by atoms with Gasteiger partial charge in [0.1, 0.15) is 5.82 Å². The van der Waals surface area contributed by atoms with Crippen molar-refractivity contribution in [2.45, 2.75) is 6.92 Å². The van der Waals surface area contributed by atoms with Crippen molar-refractivity contribution in [3.05, 3.63) is 23.9 Å². The lowest BCUT2D eigenvalue weighted by Gasteiger charge is -2.35. The summed E-state index contributed by atoms with van der Waals surface area (Å²) in [6, 6.07) is 3.68. The Balaban J connectivity index is 1.90. The highest BCUT2D eigenvalue weighted by atomic mass is 16.1. The maximum atomic E-state index is 11.4. The number of pyridine rings is 1. The summed E-state index contributed by atoms with van der Waals surface area (Å²) in [5, 5.41) is 0. The molecule has 0 bridgehead atoms. The van der Waals surface area contributed by atoms with Gasteiger partial charge >= 0.3 is 0 Å². The van der Waals surface area contributed by atoms with Gasteiger partial charge in [-0.15, -0.1) is 0 Å². The van der Waals surface area contributed by atoms with Crippen molar-refractivity contribution in [1.82, 2.24) is 14.8 Å². The first-order valence-corrected chi connectivity index (χ1v) is 7.15. The standard InChI is InChI=1S/C15H24N4O/c1-13(20)14-4-5-16-15(12-14)19-10-8-18(9-11-19)7-6-17(2)3/h4-5,12H,6-11H2,1-3H3. The van der Waals surface area contributed by atoms with Crippen LogP contribution in [-0.2, 0) is 0 Å². The number of carbonyl (C=O) groups is 1. The van der Waals surface area contributed by atoms with Gasteiger partial charge in [-0.3, -0.25) is 9.69 Å². The first-order chi connectivity index (χ1) is 9.56. The molecule has 2 heterocycles. The molecule has 1 aromatic heterocycles. The third kappa shape index (κ3) is 4.02. The zero-order chi connectivity index (χ0) is 14.5. The van der Waals surface area contributed by atoms with Gasteiger partial charge in [0.15, 0.2) is 5.78 Å². The number of likely N-dealkylation sites (N-methyl/N-ethyl adjacent to an activating group) is 1. The molecule has 1 aliphatic heterocycles. The van der Waals surface area contributed by atoms with Crippen molar-refractivity contribution in [3.8, 4) is 0 Å². The summed E-state index contributed by atoms with van der Waals surface area (Å²) < 4.78 is 0. The van der Waals surface area contributed by atoms with Crippen LogP contribution in [0.3, 0.4) is 0 Å². The minimum absolute atomic E-state index is 0.0956. The summed E-state index contributed by atoms with van der Waals surface area (Å²) in [4.78, 5) is 22.8. The molecule has 1 aromatic rings. The number of piperazine rings is 1. The summed E-state index contributed by atoms with van der Waals surface area (Å²) in [7, 11) is 4.21. The first kappa shape index (κ1) is 14.9. The van der Waals surface area contributed by atoms with Gasteiger partial charge in [0, 0.05) is 51.0 Å². The molecule has 0 aromatic carbocycles. The molecular formula is C15H24N4O. The van der Waals surface area contributed by atoms with E-state index in [4.69, 9.17) is 0 Å². The maximum Gasteiger partial charge on any atom is 0.159 e. The second-order valence-electron chi connectivity index (χ2n) is 5.59. The SMILES string of the molecule is CC(=O)c1ccnc(N2CCN(CCN(C)C)CC2)c1. The second-order valence-corrected chi connectivity index (χ2v) is 5.59. The minimum atomic E-state index is 0.0956. The number of nitrogens with zero attached hydrogens (tertiary/aromatic N) is 4. The average Bonchev–Trinajstić information content (AvgIpc) is 2.46. The van der Waals surface area contributed by atoms with Gasteiger partial charge in [0.25, 0.3) is 0 Å². The van der Waals surface area contributed by atoms with Crippen molar-refractivity contribution in [2.75, 3.05) is 58.3 Å². The van der Waals surface area contributed by atoms with E-state index in [-0.39, 0.29) is 5.78 Å². The fourth-order valence-electron chi connectivity index (χ4n) is 2.35. The smallest absolute Gasteiger partial charge is 0.159 e. The molecular weight excluding hydrogens is 252 g/mol. The van der Waals surface area contributed by atoms with Crippen molar-refractivity contribution in [2.24, 2.45) is 0 Å². The van der Waals surface area contributed by atoms with Gasteiger partial charge in [-0.1, -0.05) is 0 Å². The highest BCUT2D eigenvalue weighted by Crippen LogP contribution is 2.15. The number of rotatable bonds is 5. The Bertz CT molecular complexity index is 453. The van der Waals surface area contributed by atoms with Gasteiger partial charge in [-0.05, 0) is 33.2 Å². The second kappa shape index (κ2) is 6.81. The van der Waals surface area contributed by atoms with Gasteiger partial charge in [-0.25, -0.2) is 4.98 Å². The van der Waals surface area contributed by atoms with Crippen LogP contribution < -0.4 is 4.90 Å². The molecule has 110 valence electrons. The van der Waals surface area contributed by atoms with Crippen LogP contribution in [0.15, 0.2) is 18.3 Å². The normalized spacial score (nSPS) is 16.7. The van der Waals surface area contributed by atoms with Gasteiger partial charge < -0.3 is 9.80 Å². The van der Waals surface area contributed by atoms with Crippen LogP contribution in [0.25, 0.3) is 0 Å². The Morgan fingerprint density at radius 2 is 2.00 bits per heavy atom. The number of hydrogen-bond acceptors (Lipinski definition) is 5. The maximum absolute atomic E-state index is 11.4. The zero-order valence-electron chi connectivity index (χ0n) is 12.7. The van der Waals surface area contributed by atoms with Crippen LogP contribution in [0.2, 0.25) is 0 Å². The van der Waals surface area contributed by atoms with Crippen LogP contribution in [0, 0.1) is 0 Å². The first-order valence-electron chi connectivity index (χ1n) is 7.15. The molecule has 0 spiro atoms. The average molecular weight is 276 g/mol. The molecule has 0 amide bonds. The molecule has 1 aliphatic rings. The zero-order valence-corrected chi connectivity index (χ0v) is 12.7. The number of carbonyl (C=O) groups excluding carboxylic acids is 1. The van der Waals surface area contributed by atoms with Crippen LogP contribution in [0.4, 0.5) is 5.82 Å². The highest BCUT2D eigenvalue weighted by molar-refractivity contribution is 5.94. The van der Waals surface area contributed by atoms with E-state index in [1.165, 1.54) is 0 Å². The summed E-state index contributed by atoms with van der Waals surface area (Å²) in [5.41, 5.74) is 0.741. The predicted octanol–water partition coefficient (Wildman–Crippen LogP) is 0.968. The summed E-state index contributed by atoms with van der Waals surface area (Å²) >= 11 is 0. The largest absolute Gasteiger partial charge is 0.354 e. The topological polar surface area (TPSA) is 39.7 Å². The van der Waals surface area contributed by atoms with E-state index in [2.05, 4.69) is 33.8 Å². The minimum Gasteiger partial charge on any atom is -0.354 e. The number of aromatic nitrogens is 1. The van der Waals surface area contributed by atoms with Crippen LogP contribution in [0.1, 0.15) is 17.3 Å². The quantitative estimate of drug-likeness (QED) is 0.749. The van der Waals surface area contributed by atoms with Crippen LogP contribution >= 0.6 is 0 Å². The molecule has 1 fully saturated rings. The van der Waals surface area contributed by atoms with E-state index in [0.717, 1.165) is 50.6 Å². The van der Waals surface area contributed by atoms with E-state index < -0.39 is 0 Å². The van der Waals surface area contributed by atoms with Crippen molar-refractivity contribution in [1.29, 1.82) is 0 Å². The molecule has 20 heavy (non-hydrogen) atoms. The van der Waals surface area contributed by atoms with E-state index in [0.29, 0.717) is 0 Å². The Morgan fingerprint density at radius 3 is 2.60 bits per heavy atom. The summed E-state index contributed by atoms with van der Waals surface area (Å²) in [6.45, 7) is 7.86. The number of hydrogen-bond donors (Lipinski definition) is 0. The van der Waals surface area contributed by atoms with E-state index >= 15 is 0 Å². The Kier molecular flexibility index (Phi) is 5.09. The van der Waals surface area contributed by atoms with Crippen molar-refractivity contribution in [3.63, 3.8) is 0 Å². The van der Waals surface area contributed by atoms with E-state index in [9.17, 15) is 4.79 Å². The van der Waals surface area contributed by atoms with Crippen molar-refractivity contribution >= 4 is 11.6 Å². The monoisotopic (exact) mass is 276 g/mol. The Hall–Kier alpha value is -1.46. The molecule has 2 rings (SSSR count). The number of Topliss-reactive ketones (excluding diaryl/α,β-unsaturated/α-hetero) is 1. The summed E-state index contributed by atoms with van der Waals surface area (Å²) in [5.74, 6) is 1.02. The molecule has 1 saturated heterocycles. The third-order valence-electron chi connectivity index (χ3n) is 3.71. The predicted molar refractivity (Wildman–Crippen MR) is 81.4 cm³/mol.